The zero-order valence-corrected chi connectivity index (χ0v) is 13.6. The van der Waals surface area contributed by atoms with E-state index in [1.165, 1.54) is 15.8 Å². The van der Waals surface area contributed by atoms with Crippen LogP contribution in [0.2, 0.25) is 0 Å². The first-order chi connectivity index (χ1) is 10.6. The summed E-state index contributed by atoms with van der Waals surface area (Å²) in [5, 5.41) is 20.9. The van der Waals surface area contributed by atoms with E-state index in [0.717, 1.165) is 12.2 Å². The number of tetrazole rings is 1. The maximum absolute atomic E-state index is 11.4. The van der Waals surface area contributed by atoms with Crippen molar-refractivity contribution in [2.24, 2.45) is 0 Å². The Balaban J connectivity index is 2.07. The van der Waals surface area contributed by atoms with Gasteiger partial charge in [0.05, 0.1) is 0 Å². The van der Waals surface area contributed by atoms with Crippen LogP contribution >= 0.6 is 11.8 Å². The Labute approximate surface area is 133 Å². The van der Waals surface area contributed by atoms with Crippen LogP contribution < -0.4 is 0 Å². The van der Waals surface area contributed by atoms with E-state index in [0.29, 0.717) is 18.7 Å². The smallest absolute Gasteiger partial charge is 0.328 e. The molecule has 0 aliphatic heterocycles. The van der Waals surface area contributed by atoms with Crippen molar-refractivity contribution >= 4 is 17.7 Å². The standard InChI is InChI=1S/C15H20N4O2S/c1-11-3-5-12(6-4-11)7-8-14-16-17-18-19(14)13(15(20)21)9-10-22-2/h3-6,13H,7-10H2,1-2H3,(H,20,21). The van der Waals surface area contributed by atoms with E-state index in [2.05, 4.69) is 39.8 Å². The first-order valence-electron chi connectivity index (χ1n) is 7.16. The highest BCUT2D eigenvalue weighted by molar-refractivity contribution is 7.98. The molecule has 1 N–H and O–H groups in total. The Morgan fingerprint density at radius 2 is 2.05 bits per heavy atom. The predicted octanol–water partition coefficient (Wildman–Crippen LogP) is 2.15. The predicted molar refractivity (Wildman–Crippen MR) is 86.1 cm³/mol. The molecule has 1 atom stereocenters. The normalized spacial score (nSPS) is 12.3. The molecular formula is C15H20N4O2S. The lowest BCUT2D eigenvalue weighted by Crippen LogP contribution is -2.23. The molecule has 0 aliphatic rings. The molecule has 6 nitrogen and oxygen atoms in total. The summed E-state index contributed by atoms with van der Waals surface area (Å²) in [5.41, 5.74) is 2.41. The third kappa shape index (κ3) is 4.30. The number of aliphatic carboxylic acids is 1. The monoisotopic (exact) mass is 320 g/mol. The maximum Gasteiger partial charge on any atom is 0.328 e. The number of hydrogen-bond donors (Lipinski definition) is 1. The minimum atomic E-state index is -0.891. The van der Waals surface area contributed by atoms with Gasteiger partial charge in [0.1, 0.15) is 0 Å². The SMILES string of the molecule is CSCCC(C(=O)O)n1nnnc1CCc1ccc(C)cc1. The van der Waals surface area contributed by atoms with Gasteiger partial charge in [0.2, 0.25) is 0 Å². The van der Waals surface area contributed by atoms with Gasteiger partial charge in [-0.3, -0.25) is 0 Å². The number of aromatic nitrogens is 4. The van der Waals surface area contributed by atoms with Gasteiger partial charge in [-0.25, -0.2) is 9.48 Å². The van der Waals surface area contributed by atoms with Gasteiger partial charge in [-0.15, -0.1) is 5.10 Å². The molecule has 0 bridgehead atoms. The lowest BCUT2D eigenvalue weighted by molar-refractivity contribution is -0.141. The van der Waals surface area contributed by atoms with Crippen LogP contribution in [0.25, 0.3) is 0 Å². The number of hydrogen-bond acceptors (Lipinski definition) is 5. The molecule has 0 amide bonds. The Morgan fingerprint density at radius 1 is 1.32 bits per heavy atom. The molecule has 22 heavy (non-hydrogen) atoms. The first kappa shape index (κ1) is 16.5. The number of carboxylic acids is 1. The van der Waals surface area contributed by atoms with Gasteiger partial charge in [0.25, 0.3) is 0 Å². The van der Waals surface area contributed by atoms with Crippen molar-refractivity contribution in [3.63, 3.8) is 0 Å². The molecule has 0 saturated heterocycles. The largest absolute Gasteiger partial charge is 0.480 e. The molecule has 0 aliphatic carbocycles. The van der Waals surface area contributed by atoms with Crippen molar-refractivity contribution in [1.29, 1.82) is 0 Å². The fourth-order valence-electron chi connectivity index (χ4n) is 2.21. The van der Waals surface area contributed by atoms with E-state index in [4.69, 9.17) is 0 Å². The van der Waals surface area contributed by atoms with Crippen LogP contribution in [-0.4, -0.2) is 43.3 Å². The molecule has 0 radical (unpaired) electrons. The van der Waals surface area contributed by atoms with Crippen LogP contribution in [0, 0.1) is 6.92 Å². The fraction of sp³-hybridized carbons (Fsp3) is 0.467. The summed E-state index contributed by atoms with van der Waals surface area (Å²) in [6.07, 6.45) is 3.88. The minimum Gasteiger partial charge on any atom is -0.480 e. The summed E-state index contributed by atoms with van der Waals surface area (Å²) in [4.78, 5) is 11.4. The average Bonchev–Trinajstić information content (AvgIpc) is 2.95. The van der Waals surface area contributed by atoms with E-state index in [-0.39, 0.29) is 0 Å². The van der Waals surface area contributed by atoms with Crippen LogP contribution in [0.3, 0.4) is 0 Å². The minimum absolute atomic E-state index is 0.513. The third-order valence-corrected chi connectivity index (χ3v) is 4.14. The molecule has 0 fully saturated rings. The Hall–Kier alpha value is -1.89. The highest BCUT2D eigenvalue weighted by Crippen LogP contribution is 2.16. The van der Waals surface area contributed by atoms with Crippen LogP contribution in [0.5, 0.6) is 0 Å². The summed E-state index contributed by atoms with van der Waals surface area (Å²) in [6, 6.07) is 7.58. The van der Waals surface area contributed by atoms with Crippen LogP contribution in [-0.2, 0) is 17.6 Å². The molecular weight excluding hydrogens is 300 g/mol. The zero-order valence-electron chi connectivity index (χ0n) is 12.8. The van der Waals surface area contributed by atoms with Crippen LogP contribution in [0.1, 0.15) is 29.4 Å². The first-order valence-corrected chi connectivity index (χ1v) is 8.55. The van der Waals surface area contributed by atoms with Gasteiger partial charge in [-0.2, -0.15) is 11.8 Å². The highest BCUT2D eigenvalue weighted by atomic mass is 32.2. The average molecular weight is 320 g/mol. The van der Waals surface area contributed by atoms with Crippen molar-refractivity contribution in [2.75, 3.05) is 12.0 Å². The molecule has 1 aromatic carbocycles. The molecule has 2 aromatic rings. The Bertz CT molecular complexity index is 612. The Morgan fingerprint density at radius 3 is 2.68 bits per heavy atom. The molecule has 1 aromatic heterocycles. The van der Waals surface area contributed by atoms with Crippen molar-refractivity contribution in [1.82, 2.24) is 20.2 Å². The molecule has 7 heteroatoms. The number of rotatable bonds is 8. The topological polar surface area (TPSA) is 80.9 Å². The molecule has 1 heterocycles. The van der Waals surface area contributed by atoms with Crippen LogP contribution in [0.4, 0.5) is 0 Å². The van der Waals surface area contributed by atoms with Crippen molar-refractivity contribution in [3.05, 3.63) is 41.2 Å². The molecule has 0 spiro atoms. The molecule has 118 valence electrons. The summed E-state index contributed by atoms with van der Waals surface area (Å²) >= 11 is 1.62. The van der Waals surface area contributed by atoms with Crippen molar-refractivity contribution in [2.45, 2.75) is 32.2 Å². The van der Waals surface area contributed by atoms with Gasteiger partial charge in [-0.1, -0.05) is 29.8 Å². The molecule has 2 rings (SSSR count). The molecule has 0 saturated carbocycles. The maximum atomic E-state index is 11.4. The number of aryl methyl sites for hydroxylation is 3. The number of benzene rings is 1. The zero-order chi connectivity index (χ0) is 15.9. The van der Waals surface area contributed by atoms with Gasteiger partial charge < -0.3 is 5.11 Å². The summed E-state index contributed by atoms with van der Waals surface area (Å²) in [6.45, 7) is 2.05. The van der Waals surface area contributed by atoms with Gasteiger partial charge in [0.15, 0.2) is 11.9 Å². The van der Waals surface area contributed by atoms with Crippen molar-refractivity contribution in [3.8, 4) is 0 Å². The van der Waals surface area contributed by atoms with Gasteiger partial charge in [-0.05, 0) is 47.8 Å². The van der Waals surface area contributed by atoms with Crippen LogP contribution in [0.15, 0.2) is 24.3 Å². The third-order valence-electron chi connectivity index (χ3n) is 3.49. The number of carbonyl (C=O) groups is 1. The van der Waals surface area contributed by atoms with Crippen molar-refractivity contribution < 1.29 is 9.90 Å². The second kappa shape index (κ2) is 7.93. The van der Waals surface area contributed by atoms with E-state index in [9.17, 15) is 9.90 Å². The van der Waals surface area contributed by atoms with E-state index in [1.54, 1.807) is 11.8 Å². The second-order valence-corrected chi connectivity index (χ2v) is 6.15. The molecule has 1 unspecified atom stereocenters. The van der Waals surface area contributed by atoms with E-state index in [1.807, 2.05) is 13.2 Å². The summed E-state index contributed by atoms with van der Waals surface area (Å²) < 4.78 is 1.45. The second-order valence-electron chi connectivity index (χ2n) is 5.16. The van der Waals surface area contributed by atoms with E-state index >= 15 is 0 Å². The lowest BCUT2D eigenvalue weighted by atomic mass is 10.1. The fourth-order valence-corrected chi connectivity index (χ4v) is 2.67. The van der Waals surface area contributed by atoms with E-state index < -0.39 is 12.0 Å². The number of nitrogens with zero attached hydrogens (tertiary/aromatic N) is 4. The van der Waals surface area contributed by atoms with Gasteiger partial charge >= 0.3 is 5.97 Å². The summed E-state index contributed by atoms with van der Waals surface area (Å²) in [7, 11) is 0. The van der Waals surface area contributed by atoms with Gasteiger partial charge in [0, 0.05) is 6.42 Å². The highest BCUT2D eigenvalue weighted by Gasteiger charge is 2.23. The number of thioether (sulfide) groups is 1. The lowest BCUT2D eigenvalue weighted by Gasteiger charge is -2.13. The Kier molecular flexibility index (Phi) is 5.94. The quantitative estimate of drug-likeness (QED) is 0.802. The number of carboxylic acid groups (broad SMARTS) is 1. The summed E-state index contributed by atoms with van der Waals surface area (Å²) in [5.74, 6) is 0.487.